The van der Waals surface area contributed by atoms with Crippen LogP contribution in [0.5, 0.6) is 11.5 Å². The quantitative estimate of drug-likeness (QED) is 0.357. The normalized spacial score (nSPS) is 18.5. The molecule has 40 heavy (non-hydrogen) atoms. The number of aromatic nitrogens is 2. The number of fused-ring (bicyclic) bond motifs is 1. The molecule has 1 saturated carbocycles. The lowest BCUT2D eigenvalue weighted by molar-refractivity contribution is -0.117. The highest BCUT2D eigenvalue weighted by atomic mass is 35.5. The van der Waals surface area contributed by atoms with E-state index in [-0.39, 0.29) is 71.0 Å². The fourth-order valence-corrected chi connectivity index (χ4v) is 5.46. The molecule has 0 spiro atoms. The molecule has 1 fully saturated rings. The Kier molecular flexibility index (Phi) is 10.4. The number of halogens is 4. The van der Waals surface area contributed by atoms with Crippen LogP contribution in [-0.2, 0) is 11.3 Å². The first-order valence-electron chi connectivity index (χ1n) is 12.2. The molecule has 0 bridgehead atoms. The van der Waals surface area contributed by atoms with Gasteiger partial charge in [0.1, 0.15) is 27.4 Å². The fourth-order valence-electron chi connectivity index (χ4n) is 4.76. The molecule has 4 rings (SSSR count). The van der Waals surface area contributed by atoms with Crippen molar-refractivity contribution >= 4 is 52.6 Å². The molecule has 0 radical (unpaired) electrons. The van der Waals surface area contributed by atoms with E-state index in [2.05, 4.69) is 27.2 Å². The minimum absolute atomic E-state index is 0. The lowest BCUT2D eigenvalue weighted by Crippen LogP contribution is -2.50. The minimum Gasteiger partial charge on any atom is -0.495 e. The van der Waals surface area contributed by atoms with Crippen molar-refractivity contribution in [3.8, 4) is 11.5 Å². The van der Waals surface area contributed by atoms with Crippen molar-refractivity contribution in [3.63, 3.8) is 0 Å². The summed E-state index contributed by atoms with van der Waals surface area (Å²) in [4.78, 5) is 36.4. The third-order valence-corrected chi connectivity index (χ3v) is 7.35. The average Bonchev–Trinajstić information content (AvgIpc) is 2.92. The molecule has 2 heterocycles. The average molecular weight is 601 g/mol. The Morgan fingerprint density at radius 1 is 1.20 bits per heavy atom. The number of nitrogens with zero attached hydrogens (tertiary/aromatic N) is 4. The van der Waals surface area contributed by atoms with Crippen molar-refractivity contribution < 1.29 is 27.8 Å². The molecule has 218 valence electrons. The summed E-state index contributed by atoms with van der Waals surface area (Å²) in [5.41, 5.74) is 0.449. The number of amides is 3. The number of carbonyl (C=O) groups excluding carboxylic acids is 2. The molecule has 1 aromatic heterocycles. The second-order valence-corrected chi connectivity index (χ2v) is 9.78. The summed E-state index contributed by atoms with van der Waals surface area (Å²) in [6, 6.07) is 0.276. The Hall–Kier alpha value is -3.38. The Balaban J connectivity index is 0.00000441. The Morgan fingerprint density at radius 2 is 1.82 bits per heavy atom. The predicted molar refractivity (Wildman–Crippen MR) is 151 cm³/mol. The van der Waals surface area contributed by atoms with Crippen LogP contribution in [0.4, 0.5) is 31.0 Å². The zero-order chi connectivity index (χ0) is 28.3. The number of hydrogen-bond donors (Lipinski definition) is 2. The molecule has 2 atom stereocenters. The van der Waals surface area contributed by atoms with E-state index in [9.17, 15) is 18.4 Å². The van der Waals surface area contributed by atoms with Gasteiger partial charge in [-0.1, -0.05) is 50.0 Å². The van der Waals surface area contributed by atoms with E-state index in [1.54, 1.807) is 0 Å². The summed E-state index contributed by atoms with van der Waals surface area (Å²) in [6.07, 6.45) is 3.18. The summed E-state index contributed by atoms with van der Waals surface area (Å²) in [5, 5.41) is 6.14. The SMILES string of the molecule is C.C=CC(=O)NC1CCCCC1Nc1ncc2c(n1)N(CC(F)F)C(=O)N(c1c(Cl)c(OC)cc(OC)c1Cl)C2. The van der Waals surface area contributed by atoms with Gasteiger partial charge in [0, 0.05) is 29.9 Å². The fraction of sp³-hybridized carbons (Fsp3) is 0.462. The van der Waals surface area contributed by atoms with Crippen molar-refractivity contribution in [2.24, 2.45) is 0 Å². The van der Waals surface area contributed by atoms with Gasteiger partial charge in [-0.05, 0) is 18.9 Å². The van der Waals surface area contributed by atoms with Gasteiger partial charge < -0.3 is 20.1 Å². The van der Waals surface area contributed by atoms with Gasteiger partial charge in [0.2, 0.25) is 11.9 Å². The lowest BCUT2D eigenvalue weighted by Gasteiger charge is -2.37. The molecule has 2 N–H and O–H groups in total. The van der Waals surface area contributed by atoms with Crippen molar-refractivity contribution in [3.05, 3.63) is 40.5 Å². The third-order valence-electron chi connectivity index (χ3n) is 6.62. The number of alkyl halides is 2. The van der Waals surface area contributed by atoms with Crippen LogP contribution in [0.3, 0.4) is 0 Å². The van der Waals surface area contributed by atoms with Crippen molar-refractivity contribution in [1.29, 1.82) is 0 Å². The lowest BCUT2D eigenvalue weighted by atomic mass is 9.90. The Morgan fingerprint density at radius 3 is 2.40 bits per heavy atom. The molecule has 2 aliphatic rings. The van der Waals surface area contributed by atoms with E-state index in [0.717, 1.165) is 30.6 Å². The smallest absolute Gasteiger partial charge is 0.330 e. The van der Waals surface area contributed by atoms with E-state index >= 15 is 0 Å². The number of ether oxygens (including phenoxy) is 2. The van der Waals surface area contributed by atoms with Gasteiger partial charge >= 0.3 is 6.03 Å². The number of hydrogen-bond acceptors (Lipinski definition) is 7. The van der Waals surface area contributed by atoms with Crippen LogP contribution < -0.4 is 29.9 Å². The molecule has 2 unspecified atom stereocenters. The van der Waals surface area contributed by atoms with Gasteiger partial charge in [-0.3, -0.25) is 14.6 Å². The predicted octanol–water partition coefficient (Wildman–Crippen LogP) is 5.67. The van der Waals surface area contributed by atoms with Gasteiger partial charge in [-0.15, -0.1) is 0 Å². The molecular weight excluding hydrogens is 569 g/mol. The summed E-state index contributed by atoms with van der Waals surface area (Å²) in [7, 11) is 2.77. The highest BCUT2D eigenvalue weighted by Crippen LogP contribution is 2.48. The van der Waals surface area contributed by atoms with E-state index < -0.39 is 19.0 Å². The maximum absolute atomic E-state index is 13.7. The number of anilines is 3. The highest BCUT2D eigenvalue weighted by Gasteiger charge is 2.38. The van der Waals surface area contributed by atoms with Crippen molar-refractivity contribution in [2.75, 3.05) is 35.9 Å². The van der Waals surface area contributed by atoms with Gasteiger partial charge in [-0.25, -0.2) is 18.6 Å². The monoisotopic (exact) mass is 600 g/mol. The second-order valence-electron chi connectivity index (χ2n) is 9.03. The van der Waals surface area contributed by atoms with Crippen LogP contribution in [0, 0.1) is 0 Å². The Bertz CT molecular complexity index is 1240. The summed E-state index contributed by atoms with van der Waals surface area (Å²) in [5.74, 6) is 0.277. The van der Waals surface area contributed by atoms with Crippen LogP contribution in [-0.4, -0.2) is 61.2 Å². The first kappa shape index (κ1) is 31.2. The zero-order valence-electron chi connectivity index (χ0n) is 21.3. The third kappa shape index (κ3) is 6.33. The van der Waals surface area contributed by atoms with Crippen LogP contribution in [0.15, 0.2) is 24.9 Å². The van der Waals surface area contributed by atoms with Gasteiger partial charge in [0.15, 0.2) is 0 Å². The standard InChI is InChI=1S/C25H28Cl2F2N6O4.CH4/c1-4-19(36)31-14-7-5-6-8-15(14)32-24-30-10-13-11-34(25(37)35(12-18(28)29)23(13)33-24)22-20(26)16(38-2)9-17(39-3)21(22)27;/h4,9-10,14-15,18H,1,5-8,11-12H2,2-3H3,(H,31,36)(H,30,32,33);1H4. The van der Waals surface area contributed by atoms with Crippen LogP contribution in [0.2, 0.25) is 10.0 Å². The maximum atomic E-state index is 13.7. The second kappa shape index (κ2) is 13.3. The van der Waals surface area contributed by atoms with Gasteiger partial charge in [-0.2, -0.15) is 4.98 Å². The summed E-state index contributed by atoms with van der Waals surface area (Å²) >= 11 is 13.0. The first-order valence-corrected chi connectivity index (χ1v) is 13.0. The van der Waals surface area contributed by atoms with Crippen molar-refractivity contribution in [2.45, 2.75) is 58.2 Å². The molecule has 3 amide bonds. The number of carbonyl (C=O) groups is 2. The largest absolute Gasteiger partial charge is 0.495 e. The molecule has 0 saturated heterocycles. The number of urea groups is 1. The topological polar surface area (TPSA) is 109 Å². The minimum atomic E-state index is -2.85. The molecular formula is C26H32Cl2F2N6O4. The zero-order valence-corrected chi connectivity index (χ0v) is 22.9. The van der Waals surface area contributed by atoms with Crippen LogP contribution >= 0.6 is 23.2 Å². The molecule has 2 aromatic rings. The maximum Gasteiger partial charge on any atom is 0.330 e. The number of rotatable bonds is 9. The van der Waals surface area contributed by atoms with Crippen molar-refractivity contribution in [1.82, 2.24) is 15.3 Å². The van der Waals surface area contributed by atoms with E-state index in [1.165, 1.54) is 37.5 Å². The Labute approximate surface area is 241 Å². The van der Waals surface area contributed by atoms with E-state index in [4.69, 9.17) is 32.7 Å². The summed E-state index contributed by atoms with van der Waals surface area (Å²) < 4.78 is 37.9. The molecule has 10 nitrogen and oxygen atoms in total. The summed E-state index contributed by atoms with van der Waals surface area (Å²) in [6.45, 7) is 2.48. The number of nitrogens with one attached hydrogen (secondary N) is 2. The van der Waals surface area contributed by atoms with Crippen LogP contribution in [0.1, 0.15) is 38.7 Å². The molecule has 1 aliphatic carbocycles. The number of benzene rings is 1. The van der Waals surface area contributed by atoms with E-state index in [1.807, 2.05) is 0 Å². The van der Waals surface area contributed by atoms with Gasteiger partial charge in [0.05, 0.1) is 33.0 Å². The molecule has 1 aliphatic heterocycles. The van der Waals surface area contributed by atoms with Gasteiger partial charge in [0.25, 0.3) is 6.43 Å². The molecule has 14 heteroatoms. The van der Waals surface area contributed by atoms with Crippen LogP contribution in [0.25, 0.3) is 0 Å². The highest BCUT2D eigenvalue weighted by molar-refractivity contribution is 6.42. The first-order chi connectivity index (χ1) is 18.7. The van der Waals surface area contributed by atoms with E-state index in [0.29, 0.717) is 5.56 Å². The molecule has 1 aromatic carbocycles. The number of methoxy groups -OCH3 is 2.